The fraction of sp³-hybridized carbons (Fsp3) is 0.250. The first-order chi connectivity index (χ1) is 7.83. The number of alkyl halides is 1. The van der Waals surface area contributed by atoms with Crippen LogP contribution >= 0.6 is 34.7 Å². The number of hydrogen-bond donors (Lipinski definition) is 0. The van der Waals surface area contributed by atoms with E-state index in [9.17, 15) is 0 Å². The summed E-state index contributed by atoms with van der Waals surface area (Å²) in [5, 5.41) is 1.05. The summed E-state index contributed by atoms with van der Waals surface area (Å²) in [7, 11) is 0. The Kier molecular flexibility index (Phi) is 4.27. The average Bonchev–Trinajstić information content (AvgIpc) is 2.79. The highest BCUT2D eigenvalue weighted by molar-refractivity contribution is 7.99. The van der Waals surface area contributed by atoms with E-state index in [1.807, 2.05) is 18.0 Å². The largest absolute Gasteiger partial charge is 0.244 e. The predicted octanol–water partition coefficient (Wildman–Crippen LogP) is 4.66. The van der Waals surface area contributed by atoms with Crippen LogP contribution in [0.25, 0.3) is 10.6 Å². The van der Waals surface area contributed by atoms with E-state index in [1.54, 1.807) is 11.3 Å². The van der Waals surface area contributed by atoms with Gasteiger partial charge in [0.15, 0.2) is 0 Å². The van der Waals surface area contributed by atoms with Gasteiger partial charge in [-0.2, -0.15) is 0 Å². The highest BCUT2D eigenvalue weighted by Crippen LogP contribution is 2.28. The van der Waals surface area contributed by atoms with Crippen molar-refractivity contribution in [3.63, 3.8) is 0 Å². The maximum Gasteiger partial charge on any atom is 0.123 e. The second-order valence-electron chi connectivity index (χ2n) is 3.22. The Hall–Kier alpha value is -0.510. The zero-order valence-corrected chi connectivity index (χ0v) is 11.3. The van der Waals surface area contributed by atoms with Crippen molar-refractivity contribution in [2.75, 3.05) is 5.75 Å². The van der Waals surface area contributed by atoms with Crippen molar-refractivity contribution in [2.45, 2.75) is 17.7 Å². The molecule has 2 aromatic rings. The molecule has 0 spiro atoms. The molecule has 4 heteroatoms. The van der Waals surface area contributed by atoms with Crippen molar-refractivity contribution in [3.8, 4) is 10.6 Å². The highest BCUT2D eigenvalue weighted by atomic mass is 35.5. The van der Waals surface area contributed by atoms with Crippen LogP contribution in [0.2, 0.25) is 0 Å². The van der Waals surface area contributed by atoms with Gasteiger partial charge in [-0.05, 0) is 17.9 Å². The SMILES string of the molecule is CCSc1ccc(-c2ncc(CCl)s2)cc1. The van der Waals surface area contributed by atoms with E-state index in [0.717, 1.165) is 15.6 Å². The summed E-state index contributed by atoms with van der Waals surface area (Å²) in [6, 6.07) is 8.53. The van der Waals surface area contributed by atoms with Gasteiger partial charge in [0.25, 0.3) is 0 Å². The van der Waals surface area contributed by atoms with E-state index in [0.29, 0.717) is 5.88 Å². The highest BCUT2D eigenvalue weighted by Gasteiger charge is 2.03. The topological polar surface area (TPSA) is 12.9 Å². The van der Waals surface area contributed by atoms with Gasteiger partial charge in [0, 0.05) is 21.5 Å². The van der Waals surface area contributed by atoms with Gasteiger partial charge in [0.1, 0.15) is 5.01 Å². The molecule has 0 unspecified atom stereocenters. The fourth-order valence-corrected chi connectivity index (χ4v) is 3.03. The van der Waals surface area contributed by atoms with Crippen molar-refractivity contribution in [2.24, 2.45) is 0 Å². The molecular formula is C12H12ClNS2. The molecule has 0 amide bonds. The summed E-state index contributed by atoms with van der Waals surface area (Å²) in [6.45, 7) is 2.16. The lowest BCUT2D eigenvalue weighted by atomic mass is 10.2. The first-order valence-corrected chi connectivity index (χ1v) is 7.41. The van der Waals surface area contributed by atoms with E-state index >= 15 is 0 Å². The molecule has 0 aliphatic heterocycles. The number of thiazole rings is 1. The molecule has 1 aromatic carbocycles. The van der Waals surface area contributed by atoms with Crippen LogP contribution < -0.4 is 0 Å². The molecule has 0 saturated heterocycles. The quantitative estimate of drug-likeness (QED) is 0.591. The standard InChI is InChI=1S/C12H12ClNS2/c1-2-15-10-5-3-9(4-6-10)12-14-8-11(7-13)16-12/h3-6,8H,2,7H2,1H3. The Labute approximate surface area is 109 Å². The van der Waals surface area contributed by atoms with E-state index in [4.69, 9.17) is 11.6 Å². The molecule has 2 rings (SSSR count). The third kappa shape index (κ3) is 2.78. The minimum atomic E-state index is 0.543. The zero-order chi connectivity index (χ0) is 11.4. The first-order valence-electron chi connectivity index (χ1n) is 5.07. The average molecular weight is 270 g/mol. The number of benzene rings is 1. The number of nitrogens with zero attached hydrogens (tertiary/aromatic N) is 1. The van der Waals surface area contributed by atoms with Gasteiger partial charge in [-0.1, -0.05) is 19.1 Å². The zero-order valence-electron chi connectivity index (χ0n) is 8.94. The summed E-state index contributed by atoms with van der Waals surface area (Å²) >= 11 is 9.27. The molecule has 0 atom stereocenters. The normalized spacial score (nSPS) is 10.6. The van der Waals surface area contributed by atoms with Crippen LogP contribution in [0.1, 0.15) is 11.8 Å². The lowest BCUT2D eigenvalue weighted by molar-refractivity contribution is 1.35. The van der Waals surface area contributed by atoms with Crippen molar-refractivity contribution in [1.82, 2.24) is 4.98 Å². The van der Waals surface area contributed by atoms with E-state index in [1.165, 1.54) is 10.5 Å². The molecule has 0 aliphatic carbocycles. The van der Waals surface area contributed by atoms with Crippen LogP contribution in [-0.2, 0) is 5.88 Å². The molecule has 84 valence electrons. The smallest absolute Gasteiger partial charge is 0.123 e. The van der Waals surface area contributed by atoms with Crippen LogP contribution in [0, 0.1) is 0 Å². The third-order valence-electron chi connectivity index (χ3n) is 2.10. The van der Waals surface area contributed by atoms with Gasteiger partial charge in [-0.25, -0.2) is 4.98 Å². The van der Waals surface area contributed by atoms with Crippen molar-refractivity contribution in [3.05, 3.63) is 35.3 Å². The maximum atomic E-state index is 5.76. The third-order valence-corrected chi connectivity index (χ3v) is 4.48. The lowest BCUT2D eigenvalue weighted by Crippen LogP contribution is -1.76. The Balaban J connectivity index is 2.20. The second kappa shape index (κ2) is 5.71. The van der Waals surface area contributed by atoms with Gasteiger partial charge in [0.2, 0.25) is 0 Å². The van der Waals surface area contributed by atoms with Gasteiger partial charge >= 0.3 is 0 Å². The maximum absolute atomic E-state index is 5.76. The number of rotatable bonds is 4. The Morgan fingerprint density at radius 3 is 2.62 bits per heavy atom. The van der Waals surface area contributed by atoms with Gasteiger partial charge < -0.3 is 0 Å². The Bertz CT molecular complexity index is 450. The number of thioether (sulfide) groups is 1. The Morgan fingerprint density at radius 1 is 1.31 bits per heavy atom. The molecule has 0 N–H and O–H groups in total. The minimum Gasteiger partial charge on any atom is -0.244 e. The van der Waals surface area contributed by atoms with Crippen molar-refractivity contribution >= 4 is 34.7 Å². The summed E-state index contributed by atoms with van der Waals surface area (Å²) in [6.07, 6.45) is 1.85. The van der Waals surface area contributed by atoms with E-state index in [-0.39, 0.29) is 0 Å². The molecule has 1 heterocycles. The molecule has 0 saturated carbocycles. The molecule has 0 aliphatic rings. The molecule has 0 radical (unpaired) electrons. The minimum absolute atomic E-state index is 0.543. The number of halogens is 1. The van der Waals surface area contributed by atoms with Crippen LogP contribution in [0.5, 0.6) is 0 Å². The summed E-state index contributed by atoms with van der Waals surface area (Å²) in [4.78, 5) is 6.78. The Morgan fingerprint density at radius 2 is 2.06 bits per heavy atom. The van der Waals surface area contributed by atoms with E-state index < -0.39 is 0 Å². The molecule has 0 fully saturated rings. The monoisotopic (exact) mass is 269 g/mol. The fourth-order valence-electron chi connectivity index (χ4n) is 1.36. The second-order valence-corrected chi connectivity index (χ2v) is 5.94. The molecule has 16 heavy (non-hydrogen) atoms. The predicted molar refractivity (Wildman–Crippen MR) is 73.5 cm³/mol. The van der Waals surface area contributed by atoms with Gasteiger partial charge in [-0.3, -0.25) is 0 Å². The molecule has 1 nitrogen and oxygen atoms in total. The molecule has 0 bridgehead atoms. The lowest BCUT2D eigenvalue weighted by Gasteiger charge is -1.99. The van der Waals surface area contributed by atoms with E-state index in [2.05, 4.69) is 36.2 Å². The van der Waals surface area contributed by atoms with Crippen LogP contribution in [0.3, 0.4) is 0 Å². The number of aromatic nitrogens is 1. The molecular weight excluding hydrogens is 258 g/mol. The number of hydrogen-bond acceptors (Lipinski definition) is 3. The molecule has 1 aromatic heterocycles. The van der Waals surface area contributed by atoms with Crippen LogP contribution in [0.15, 0.2) is 35.4 Å². The van der Waals surface area contributed by atoms with Crippen molar-refractivity contribution in [1.29, 1.82) is 0 Å². The van der Waals surface area contributed by atoms with Crippen LogP contribution in [0.4, 0.5) is 0 Å². The first kappa shape index (κ1) is 12.0. The van der Waals surface area contributed by atoms with Crippen molar-refractivity contribution < 1.29 is 0 Å². The van der Waals surface area contributed by atoms with Gasteiger partial charge in [-0.15, -0.1) is 34.7 Å². The summed E-state index contributed by atoms with van der Waals surface area (Å²) in [5.41, 5.74) is 1.17. The summed E-state index contributed by atoms with van der Waals surface area (Å²) in [5.74, 6) is 1.65. The van der Waals surface area contributed by atoms with Gasteiger partial charge in [0.05, 0.1) is 5.88 Å². The summed E-state index contributed by atoms with van der Waals surface area (Å²) < 4.78 is 0. The van der Waals surface area contributed by atoms with Crippen LogP contribution in [-0.4, -0.2) is 10.7 Å².